The first-order chi connectivity index (χ1) is 12.1. The lowest BCUT2D eigenvalue weighted by Crippen LogP contribution is -1.92. The first-order valence-corrected chi connectivity index (χ1v) is 9.13. The van der Waals surface area contributed by atoms with Gasteiger partial charge in [0.1, 0.15) is 0 Å². The SMILES string of the molecule is Cl.O=[N+]([O-])c1ccc2nc(-c3ccc(Br)s3)cc(-c3ccccc3)c2c1. The number of benzene rings is 2. The Bertz CT molecular complexity index is 1100. The second kappa shape index (κ2) is 7.53. The smallest absolute Gasteiger partial charge is 0.258 e. The molecule has 0 saturated carbocycles. The predicted molar refractivity (Wildman–Crippen MR) is 112 cm³/mol. The van der Waals surface area contributed by atoms with Gasteiger partial charge < -0.3 is 0 Å². The molecule has 0 atom stereocenters. The molecule has 0 aliphatic heterocycles. The van der Waals surface area contributed by atoms with Crippen LogP contribution in [0.1, 0.15) is 0 Å². The first kappa shape index (κ1) is 18.5. The predicted octanol–water partition coefficient (Wildman–Crippen LogP) is 6.72. The fourth-order valence-corrected chi connectivity index (χ4v) is 4.11. The average Bonchev–Trinajstić information content (AvgIpc) is 3.07. The summed E-state index contributed by atoms with van der Waals surface area (Å²) in [7, 11) is 0. The van der Waals surface area contributed by atoms with Crippen molar-refractivity contribution in [1.82, 2.24) is 4.98 Å². The molecule has 4 aromatic rings. The van der Waals surface area contributed by atoms with E-state index in [1.54, 1.807) is 23.5 Å². The van der Waals surface area contributed by atoms with Gasteiger partial charge in [-0.3, -0.25) is 10.1 Å². The van der Waals surface area contributed by atoms with Crippen LogP contribution < -0.4 is 0 Å². The molecule has 4 rings (SSSR count). The van der Waals surface area contributed by atoms with Gasteiger partial charge in [0.25, 0.3) is 5.69 Å². The van der Waals surface area contributed by atoms with E-state index in [0.717, 1.165) is 36.4 Å². The molecule has 4 nitrogen and oxygen atoms in total. The third-order valence-electron chi connectivity index (χ3n) is 3.91. The lowest BCUT2D eigenvalue weighted by molar-refractivity contribution is -0.384. The van der Waals surface area contributed by atoms with Crippen LogP contribution in [0.4, 0.5) is 5.69 Å². The number of nitrogens with zero attached hydrogens (tertiary/aromatic N) is 2. The highest BCUT2D eigenvalue weighted by Gasteiger charge is 2.14. The van der Waals surface area contributed by atoms with Crippen LogP contribution in [-0.2, 0) is 0 Å². The largest absolute Gasteiger partial charge is 0.270 e. The number of pyridine rings is 1. The summed E-state index contributed by atoms with van der Waals surface area (Å²) in [4.78, 5) is 16.5. The molecule has 0 bridgehead atoms. The van der Waals surface area contributed by atoms with Gasteiger partial charge in [-0.2, -0.15) is 0 Å². The summed E-state index contributed by atoms with van der Waals surface area (Å²) < 4.78 is 1.04. The molecule has 130 valence electrons. The van der Waals surface area contributed by atoms with Crippen molar-refractivity contribution in [1.29, 1.82) is 0 Å². The van der Waals surface area contributed by atoms with E-state index in [4.69, 9.17) is 4.98 Å². The number of nitro benzene ring substituents is 1. The standard InChI is InChI=1S/C19H11BrN2O2S.ClH/c20-19-9-8-18(25-19)17-11-14(12-4-2-1-3-5-12)15-10-13(22(23)24)6-7-16(15)21-17;/h1-11H;1H. The van der Waals surface area contributed by atoms with Crippen molar-refractivity contribution in [2.24, 2.45) is 0 Å². The lowest BCUT2D eigenvalue weighted by Gasteiger charge is -2.09. The fourth-order valence-electron chi connectivity index (χ4n) is 2.76. The van der Waals surface area contributed by atoms with Crippen LogP contribution in [0, 0.1) is 10.1 Å². The minimum absolute atomic E-state index is 0. The highest BCUT2D eigenvalue weighted by molar-refractivity contribution is 9.11. The number of halogens is 2. The van der Waals surface area contributed by atoms with Gasteiger partial charge in [0, 0.05) is 17.5 Å². The fraction of sp³-hybridized carbons (Fsp3) is 0. The molecule has 0 aliphatic carbocycles. The number of rotatable bonds is 3. The number of aromatic nitrogens is 1. The molecule has 7 heteroatoms. The van der Waals surface area contributed by atoms with E-state index in [-0.39, 0.29) is 23.0 Å². The Morgan fingerprint density at radius 3 is 2.42 bits per heavy atom. The zero-order valence-electron chi connectivity index (χ0n) is 13.3. The Labute approximate surface area is 168 Å². The molecule has 0 unspecified atom stereocenters. The Morgan fingerprint density at radius 2 is 1.77 bits per heavy atom. The normalized spacial score (nSPS) is 10.5. The van der Waals surface area contributed by atoms with Crippen molar-refractivity contribution in [3.05, 3.63) is 80.6 Å². The van der Waals surface area contributed by atoms with Crippen LogP contribution in [0.25, 0.3) is 32.6 Å². The monoisotopic (exact) mass is 446 g/mol. The van der Waals surface area contributed by atoms with Crippen LogP contribution in [0.5, 0.6) is 0 Å². The number of hydrogen-bond acceptors (Lipinski definition) is 4. The molecule has 0 aliphatic rings. The second-order valence-electron chi connectivity index (χ2n) is 5.48. The van der Waals surface area contributed by atoms with Crippen molar-refractivity contribution in [3.8, 4) is 21.7 Å². The molecule has 0 radical (unpaired) electrons. The molecule has 0 N–H and O–H groups in total. The minimum Gasteiger partial charge on any atom is -0.258 e. The summed E-state index contributed by atoms with van der Waals surface area (Å²) in [5, 5.41) is 11.9. The van der Waals surface area contributed by atoms with Crippen LogP contribution in [0.2, 0.25) is 0 Å². The Balaban J connectivity index is 0.00000196. The molecule has 2 aromatic carbocycles. The molecule has 0 fully saturated rings. The van der Waals surface area contributed by atoms with Gasteiger partial charge in [0.15, 0.2) is 0 Å². The van der Waals surface area contributed by atoms with Gasteiger partial charge in [-0.05, 0) is 51.3 Å². The molecular formula is C19H12BrClN2O2S. The number of non-ortho nitro benzene ring substituents is 1. The molecule has 26 heavy (non-hydrogen) atoms. The van der Waals surface area contributed by atoms with Gasteiger partial charge in [0.05, 0.1) is 24.8 Å². The van der Waals surface area contributed by atoms with Crippen LogP contribution in [0.3, 0.4) is 0 Å². The summed E-state index contributed by atoms with van der Waals surface area (Å²) in [6.07, 6.45) is 0. The summed E-state index contributed by atoms with van der Waals surface area (Å²) in [6, 6.07) is 20.7. The van der Waals surface area contributed by atoms with Crippen molar-refractivity contribution in [3.63, 3.8) is 0 Å². The topological polar surface area (TPSA) is 56.0 Å². The maximum atomic E-state index is 11.2. The van der Waals surface area contributed by atoms with Crippen LogP contribution >= 0.6 is 39.7 Å². The minimum atomic E-state index is -0.376. The van der Waals surface area contributed by atoms with Crippen molar-refractivity contribution < 1.29 is 4.92 Å². The zero-order valence-corrected chi connectivity index (χ0v) is 16.5. The average molecular weight is 448 g/mol. The van der Waals surface area contributed by atoms with Gasteiger partial charge in [0.2, 0.25) is 0 Å². The highest BCUT2D eigenvalue weighted by atomic mass is 79.9. The third kappa shape index (κ3) is 3.49. The van der Waals surface area contributed by atoms with Crippen molar-refractivity contribution >= 4 is 56.3 Å². The van der Waals surface area contributed by atoms with Crippen molar-refractivity contribution in [2.45, 2.75) is 0 Å². The molecule has 2 aromatic heterocycles. The molecular weight excluding hydrogens is 436 g/mol. The summed E-state index contributed by atoms with van der Waals surface area (Å²) in [6.45, 7) is 0. The van der Waals surface area contributed by atoms with Crippen LogP contribution in [0.15, 0.2) is 70.5 Å². The maximum absolute atomic E-state index is 11.2. The number of thiophene rings is 1. The van der Waals surface area contributed by atoms with E-state index in [1.165, 1.54) is 6.07 Å². The molecule has 2 heterocycles. The van der Waals surface area contributed by atoms with Gasteiger partial charge in [-0.15, -0.1) is 23.7 Å². The van der Waals surface area contributed by atoms with E-state index >= 15 is 0 Å². The summed E-state index contributed by atoms with van der Waals surface area (Å²) >= 11 is 5.09. The third-order valence-corrected chi connectivity index (χ3v) is 5.56. The zero-order chi connectivity index (χ0) is 17.4. The first-order valence-electron chi connectivity index (χ1n) is 7.52. The number of hydrogen-bond donors (Lipinski definition) is 0. The Hall–Kier alpha value is -2.28. The highest BCUT2D eigenvalue weighted by Crippen LogP contribution is 2.36. The van der Waals surface area contributed by atoms with Gasteiger partial charge >= 0.3 is 0 Å². The van der Waals surface area contributed by atoms with Crippen LogP contribution in [-0.4, -0.2) is 9.91 Å². The number of nitro groups is 1. The van der Waals surface area contributed by atoms with E-state index in [0.29, 0.717) is 0 Å². The Kier molecular flexibility index (Phi) is 5.36. The van der Waals surface area contributed by atoms with Gasteiger partial charge in [-0.1, -0.05) is 30.3 Å². The second-order valence-corrected chi connectivity index (χ2v) is 7.95. The Morgan fingerprint density at radius 1 is 1.00 bits per heavy atom. The van der Waals surface area contributed by atoms with E-state index in [2.05, 4.69) is 15.9 Å². The van der Waals surface area contributed by atoms with E-state index in [1.807, 2.05) is 48.5 Å². The summed E-state index contributed by atoms with van der Waals surface area (Å²) in [5.74, 6) is 0. The quantitative estimate of drug-likeness (QED) is 0.259. The molecule has 0 spiro atoms. The van der Waals surface area contributed by atoms with E-state index < -0.39 is 0 Å². The summed E-state index contributed by atoms with van der Waals surface area (Å²) in [5.41, 5.74) is 3.61. The van der Waals surface area contributed by atoms with E-state index in [9.17, 15) is 10.1 Å². The number of fused-ring (bicyclic) bond motifs is 1. The molecule has 0 amide bonds. The lowest BCUT2D eigenvalue weighted by atomic mass is 9.99. The van der Waals surface area contributed by atoms with Crippen molar-refractivity contribution in [2.75, 3.05) is 0 Å². The molecule has 0 saturated heterocycles. The maximum Gasteiger partial charge on any atom is 0.270 e. The van der Waals surface area contributed by atoms with Gasteiger partial charge in [-0.25, -0.2) is 4.98 Å².